The van der Waals surface area contributed by atoms with Gasteiger partial charge in [-0.2, -0.15) is 0 Å². The second kappa shape index (κ2) is 5.41. The van der Waals surface area contributed by atoms with Gasteiger partial charge in [0.2, 0.25) is 0 Å². The van der Waals surface area contributed by atoms with Crippen molar-refractivity contribution < 1.29 is 14.7 Å². The highest BCUT2D eigenvalue weighted by Crippen LogP contribution is 2.29. The monoisotopic (exact) mass is 306 g/mol. The number of fused-ring (bicyclic) bond motifs is 1. The first-order chi connectivity index (χ1) is 10.1. The molecule has 1 amide bonds. The van der Waals surface area contributed by atoms with Gasteiger partial charge in [-0.05, 0) is 18.9 Å². The highest BCUT2D eigenvalue weighted by molar-refractivity contribution is 6.38. The van der Waals surface area contributed by atoms with E-state index in [9.17, 15) is 9.59 Å². The molecular formula is C15H15ClN2O3. The number of carboxylic acids is 1. The Kier molecular flexibility index (Phi) is 3.59. The molecule has 2 N–H and O–H groups in total. The zero-order valence-corrected chi connectivity index (χ0v) is 12.1. The van der Waals surface area contributed by atoms with E-state index in [2.05, 4.69) is 4.98 Å². The lowest BCUT2D eigenvalue weighted by atomic mass is 9.97. The predicted molar refractivity (Wildman–Crippen MR) is 79.6 cm³/mol. The van der Waals surface area contributed by atoms with Crippen molar-refractivity contribution >= 4 is 34.4 Å². The zero-order valence-electron chi connectivity index (χ0n) is 11.3. The van der Waals surface area contributed by atoms with E-state index in [1.807, 2.05) is 24.3 Å². The third-order valence-corrected chi connectivity index (χ3v) is 4.38. The number of aromatic amines is 1. The maximum absolute atomic E-state index is 12.5. The molecule has 21 heavy (non-hydrogen) atoms. The Morgan fingerprint density at radius 2 is 1.90 bits per heavy atom. The molecule has 3 rings (SSSR count). The Hall–Kier alpha value is -2.01. The maximum atomic E-state index is 12.5. The summed E-state index contributed by atoms with van der Waals surface area (Å²) in [7, 11) is 0. The highest BCUT2D eigenvalue weighted by atomic mass is 35.5. The van der Waals surface area contributed by atoms with Crippen LogP contribution in [0.2, 0.25) is 5.02 Å². The molecule has 0 radical (unpaired) electrons. The van der Waals surface area contributed by atoms with Gasteiger partial charge in [-0.1, -0.05) is 29.8 Å². The van der Waals surface area contributed by atoms with Crippen LogP contribution in [0.15, 0.2) is 24.3 Å². The average Bonchev–Trinajstić information content (AvgIpc) is 2.84. The number of hydrogen-bond donors (Lipinski definition) is 2. The van der Waals surface area contributed by atoms with Crippen molar-refractivity contribution in [2.45, 2.75) is 12.8 Å². The summed E-state index contributed by atoms with van der Waals surface area (Å²) in [5, 5.41) is 10.2. The number of likely N-dealkylation sites (tertiary alicyclic amines) is 1. The van der Waals surface area contributed by atoms with Crippen LogP contribution in [-0.2, 0) is 4.79 Å². The molecule has 0 atom stereocenters. The third-order valence-electron chi connectivity index (χ3n) is 3.99. The highest BCUT2D eigenvalue weighted by Gasteiger charge is 2.29. The van der Waals surface area contributed by atoms with Gasteiger partial charge >= 0.3 is 5.97 Å². The molecule has 2 heterocycles. The quantitative estimate of drug-likeness (QED) is 0.896. The SMILES string of the molecule is O=C(O)C1CCN(C(=O)c2[nH]c3ccccc3c2Cl)CC1. The summed E-state index contributed by atoms with van der Waals surface area (Å²) in [6.07, 6.45) is 0.970. The van der Waals surface area contributed by atoms with Gasteiger partial charge in [0.1, 0.15) is 5.69 Å². The largest absolute Gasteiger partial charge is 0.481 e. The molecule has 6 heteroatoms. The van der Waals surface area contributed by atoms with E-state index in [1.54, 1.807) is 4.90 Å². The Morgan fingerprint density at radius 3 is 2.52 bits per heavy atom. The number of aromatic nitrogens is 1. The van der Waals surface area contributed by atoms with Gasteiger partial charge in [-0.3, -0.25) is 9.59 Å². The fourth-order valence-corrected chi connectivity index (χ4v) is 3.04. The Balaban J connectivity index is 1.82. The first-order valence-corrected chi connectivity index (χ1v) is 7.24. The first kappa shape index (κ1) is 13.9. The molecule has 0 saturated carbocycles. The van der Waals surface area contributed by atoms with Crippen molar-refractivity contribution in [2.75, 3.05) is 13.1 Å². The molecule has 0 spiro atoms. The molecular weight excluding hydrogens is 292 g/mol. The Labute approximate surface area is 126 Å². The fourth-order valence-electron chi connectivity index (χ4n) is 2.74. The third kappa shape index (κ3) is 2.49. The van der Waals surface area contributed by atoms with Crippen LogP contribution >= 0.6 is 11.6 Å². The van der Waals surface area contributed by atoms with Crippen LogP contribution in [0.3, 0.4) is 0 Å². The summed E-state index contributed by atoms with van der Waals surface area (Å²) in [4.78, 5) is 28.2. The second-order valence-electron chi connectivity index (χ2n) is 5.26. The fraction of sp³-hybridized carbons (Fsp3) is 0.333. The number of nitrogens with zero attached hydrogens (tertiary/aromatic N) is 1. The number of halogens is 1. The van der Waals surface area contributed by atoms with Crippen LogP contribution < -0.4 is 0 Å². The van der Waals surface area contributed by atoms with E-state index in [-0.39, 0.29) is 11.8 Å². The van der Waals surface area contributed by atoms with Crippen LogP contribution in [0.1, 0.15) is 23.3 Å². The van der Waals surface area contributed by atoms with E-state index < -0.39 is 5.97 Å². The number of carboxylic acid groups (broad SMARTS) is 1. The number of H-pyrrole nitrogens is 1. The lowest BCUT2D eigenvalue weighted by molar-refractivity contribution is -0.143. The minimum atomic E-state index is -0.786. The van der Waals surface area contributed by atoms with Crippen LogP contribution in [0, 0.1) is 5.92 Å². The Bertz CT molecular complexity index is 702. The minimum Gasteiger partial charge on any atom is -0.481 e. The lowest BCUT2D eigenvalue weighted by Crippen LogP contribution is -2.40. The maximum Gasteiger partial charge on any atom is 0.306 e. The summed E-state index contributed by atoms with van der Waals surface area (Å²) in [6.45, 7) is 0.892. The molecule has 1 fully saturated rings. The van der Waals surface area contributed by atoms with Crippen LogP contribution in [0.5, 0.6) is 0 Å². The van der Waals surface area contributed by atoms with Gasteiger partial charge in [0.25, 0.3) is 5.91 Å². The molecule has 1 aromatic carbocycles. The number of benzene rings is 1. The van der Waals surface area contributed by atoms with Gasteiger partial charge in [-0.25, -0.2) is 0 Å². The van der Waals surface area contributed by atoms with E-state index in [1.165, 1.54) is 0 Å². The van der Waals surface area contributed by atoms with Crippen molar-refractivity contribution in [3.05, 3.63) is 35.0 Å². The van der Waals surface area contributed by atoms with E-state index >= 15 is 0 Å². The molecule has 1 saturated heterocycles. The second-order valence-corrected chi connectivity index (χ2v) is 5.64. The topological polar surface area (TPSA) is 73.4 Å². The van der Waals surface area contributed by atoms with Gasteiger partial charge in [0.05, 0.1) is 10.9 Å². The number of carbonyl (C=O) groups excluding carboxylic acids is 1. The zero-order chi connectivity index (χ0) is 15.0. The van der Waals surface area contributed by atoms with Gasteiger partial charge in [-0.15, -0.1) is 0 Å². The molecule has 2 aromatic rings. The van der Waals surface area contributed by atoms with Crippen LogP contribution in [0.25, 0.3) is 10.9 Å². The van der Waals surface area contributed by atoms with Crippen molar-refractivity contribution in [3.63, 3.8) is 0 Å². The first-order valence-electron chi connectivity index (χ1n) is 6.86. The lowest BCUT2D eigenvalue weighted by Gasteiger charge is -2.29. The van der Waals surface area contributed by atoms with Crippen LogP contribution in [-0.4, -0.2) is 40.0 Å². The molecule has 1 aliphatic heterocycles. The van der Waals surface area contributed by atoms with Crippen molar-refractivity contribution in [1.29, 1.82) is 0 Å². The van der Waals surface area contributed by atoms with Gasteiger partial charge in [0.15, 0.2) is 0 Å². The van der Waals surface area contributed by atoms with E-state index in [0.717, 1.165) is 10.9 Å². The molecule has 0 bridgehead atoms. The summed E-state index contributed by atoms with van der Waals surface area (Å²) < 4.78 is 0. The minimum absolute atomic E-state index is 0.167. The number of aliphatic carboxylic acids is 1. The summed E-state index contributed by atoms with van der Waals surface area (Å²) in [5.74, 6) is -1.31. The Morgan fingerprint density at radius 1 is 1.24 bits per heavy atom. The number of amides is 1. The number of piperidine rings is 1. The molecule has 1 aromatic heterocycles. The van der Waals surface area contributed by atoms with E-state index in [0.29, 0.717) is 36.6 Å². The number of nitrogens with one attached hydrogen (secondary N) is 1. The molecule has 1 aliphatic rings. The number of rotatable bonds is 2. The van der Waals surface area contributed by atoms with Crippen molar-refractivity contribution in [3.8, 4) is 0 Å². The summed E-state index contributed by atoms with van der Waals surface area (Å²) in [6, 6.07) is 7.48. The van der Waals surface area contributed by atoms with E-state index in [4.69, 9.17) is 16.7 Å². The molecule has 0 unspecified atom stereocenters. The van der Waals surface area contributed by atoms with Gasteiger partial charge in [0, 0.05) is 24.0 Å². The normalized spacial score (nSPS) is 16.3. The molecule has 5 nitrogen and oxygen atoms in total. The average molecular weight is 307 g/mol. The number of para-hydroxylation sites is 1. The number of hydrogen-bond acceptors (Lipinski definition) is 2. The van der Waals surface area contributed by atoms with Gasteiger partial charge < -0.3 is 15.0 Å². The molecule has 110 valence electrons. The predicted octanol–water partition coefficient (Wildman–Crippen LogP) is 2.76. The summed E-state index contributed by atoms with van der Waals surface area (Å²) in [5.41, 5.74) is 1.21. The van der Waals surface area contributed by atoms with Crippen molar-refractivity contribution in [2.24, 2.45) is 5.92 Å². The van der Waals surface area contributed by atoms with Crippen molar-refractivity contribution in [1.82, 2.24) is 9.88 Å². The standard InChI is InChI=1S/C15H15ClN2O3/c16-12-10-3-1-2-4-11(10)17-13(12)14(19)18-7-5-9(6-8-18)15(20)21/h1-4,9,17H,5-8H2,(H,20,21). The summed E-state index contributed by atoms with van der Waals surface area (Å²) >= 11 is 6.28. The number of carbonyl (C=O) groups is 2. The smallest absolute Gasteiger partial charge is 0.306 e. The van der Waals surface area contributed by atoms with Crippen LogP contribution in [0.4, 0.5) is 0 Å². The molecule has 0 aliphatic carbocycles.